The van der Waals surface area contributed by atoms with Crippen LogP contribution in [0.2, 0.25) is 0 Å². The predicted molar refractivity (Wildman–Crippen MR) is 80.8 cm³/mol. The third kappa shape index (κ3) is 4.49. The van der Waals surface area contributed by atoms with Gasteiger partial charge in [0.25, 0.3) is 0 Å². The highest BCUT2D eigenvalue weighted by molar-refractivity contribution is 7.89. The molecule has 0 saturated heterocycles. The Bertz CT molecular complexity index is 602. The van der Waals surface area contributed by atoms with Gasteiger partial charge in [-0.25, -0.2) is 17.5 Å². The van der Waals surface area contributed by atoms with Crippen molar-refractivity contribution in [3.05, 3.63) is 29.6 Å². The van der Waals surface area contributed by atoms with Gasteiger partial charge in [0.1, 0.15) is 10.7 Å². The van der Waals surface area contributed by atoms with Crippen LogP contribution in [-0.2, 0) is 16.6 Å². The largest absolute Gasteiger partial charge is 0.310 e. The van der Waals surface area contributed by atoms with Crippen molar-refractivity contribution in [2.24, 2.45) is 11.8 Å². The van der Waals surface area contributed by atoms with Crippen LogP contribution in [0.5, 0.6) is 0 Å². The molecule has 0 bridgehead atoms. The van der Waals surface area contributed by atoms with Crippen molar-refractivity contribution in [3.63, 3.8) is 0 Å². The van der Waals surface area contributed by atoms with Crippen molar-refractivity contribution in [1.29, 1.82) is 0 Å². The van der Waals surface area contributed by atoms with Crippen LogP contribution in [0.3, 0.4) is 0 Å². The molecule has 118 valence electrons. The average Bonchev–Trinajstić information content (AvgIpc) is 3.10. The van der Waals surface area contributed by atoms with E-state index in [1.165, 1.54) is 12.1 Å². The van der Waals surface area contributed by atoms with Crippen LogP contribution in [0, 0.1) is 17.7 Å². The normalized spacial score (nSPS) is 21.8. The maximum atomic E-state index is 14.0. The minimum Gasteiger partial charge on any atom is -0.310 e. The minimum absolute atomic E-state index is 0.274. The second kappa shape index (κ2) is 6.42. The summed E-state index contributed by atoms with van der Waals surface area (Å²) < 4.78 is 40.7. The highest BCUT2D eigenvalue weighted by Crippen LogP contribution is 2.37. The maximum absolute atomic E-state index is 14.0. The molecule has 1 aliphatic carbocycles. The summed E-state index contributed by atoms with van der Waals surface area (Å²) in [5.41, 5.74) is 0.732. The molecule has 0 aromatic heterocycles. The van der Waals surface area contributed by atoms with Crippen molar-refractivity contribution >= 4 is 10.0 Å². The van der Waals surface area contributed by atoms with Gasteiger partial charge in [0.2, 0.25) is 10.0 Å². The first-order chi connectivity index (χ1) is 9.79. The lowest BCUT2D eigenvalue weighted by molar-refractivity contribution is 0.548. The number of rotatable bonds is 7. The Balaban J connectivity index is 2.04. The summed E-state index contributed by atoms with van der Waals surface area (Å²) in [5.74, 6) is 0.244. The Labute approximate surface area is 126 Å². The molecule has 1 saturated carbocycles. The van der Waals surface area contributed by atoms with Gasteiger partial charge in [0, 0.05) is 19.1 Å². The van der Waals surface area contributed by atoms with Gasteiger partial charge in [-0.1, -0.05) is 26.8 Å². The zero-order valence-electron chi connectivity index (χ0n) is 12.7. The second-order valence-electron chi connectivity index (χ2n) is 6.13. The van der Waals surface area contributed by atoms with E-state index in [1.54, 1.807) is 6.07 Å². The smallest absolute Gasteiger partial charge is 0.243 e. The number of benzene rings is 1. The first kappa shape index (κ1) is 16.4. The van der Waals surface area contributed by atoms with E-state index in [1.807, 2.05) is 13.8 Å². The van der Waals surface area contributed by atoms with E-state index in [-0.39, 0.29) is 4.90 Å². The summed E-state index contributed by atoms with van der Waals surface area (Å²) in [6, 6.07) is 4.56. The van der Waals surface area contributed by atoms with Gasteiger partial charge in [-0.15, -0.1) is 0 Å². The van der Waals surface area contributed by atoms with E-state index in [9.17, 15) is 12.8 Å². The molecule has 1 aliphatic rings. The number of hydrogen-bond donors (Lipinski definition) is 2. The third-order valence-electron chi connectivity index (χ3n) is 3.81. The van der Waals surface area contributed by atoms with Gasteiger partial charge < -0.3 is 5.32 Å². The minimum atomic E-state index is -3.76. The molecule has 0 aliphatic heterocycles. The highest BCUT2D eigenvalue weighted by atomic mass is 32.2. The predicted octanol–water partition coefficient (Wildman–Crippen LogP) is 2.26. The number of nitrogens with one attached hydrogen (secondary N) is 2. The van der Waals surface area contributed by atoms with Crippen LogP contribution >= 0.6 is 0 Å². The molecule has 1 fully saturated rings. The van der Waals surface area contributed by atoms with Crippen LogP contribution in [0.1, 0.15) is 32.8 Å². The lowest BCUT2D eigenvalue weighted by atomic mass is 10.2. The van der Waals surface area contributed by atoms with Crippen LogP contribution in [0.25, 0.3) is 0 Å². The standard InChI is InChI=1S/C15H23FN2O2S/c1-10(2)17-8-12-4-5-15(14(16)7-12)21(19,20)18-9-13-6-11(13)3/h4-5,7,10-11,13,17-18H,6,8-9H2,1-3H3. The molecule has 21 heavy (non-hydrogen) atoms. The molecular formula is C15H23FN2O2S. The first-order valence-electron chi connectivity index (χ1n) is 7.31. The topological polar surface area (TPSA) is 58.2 Å². The van der Waals surface area contributed by atoms with Gasteiger partial charge >= 0.3 is 0 Å². The van der Waals surface area contributed by atoms with E-state index in [0.29, 0.717) is 31.0 Å². The number of hydrogen-bond acceptors (Lipinski definition) is 3. The van der Waals surface area contributed by atoms with Gasteiger partial charge in [-0.3, -0.25) is 0 Å². The Kier molecular flexibility index (Phi) is 5.01. The molecule has 6 heteroatoms. The fraction of sp³-hybridized carbons (Fsp3) is 0.600. The summed E-state index contributed by atoms with van der Waals surface area (Å²) in [4.78, 5) is -0.274. The number of sulfonamides is 1. The zero-order valence-corrected chi connectivity index (χ0v) is 13.5. The van der Waals surface area contributed by atoms with E-state index < -0.39 is 15.8 Å². The van der Waals surface area contributed by atoms with E-state index in [0.717, 1.165) is 12.0 Å². The average molecular weight is 314 g/mol. The summed E-state index contributed by atoms with van der Waals surface area (Å²) in [6.45, 7) is 6.98. The van der Waals surface area contributed by atoms with E-state index >= 15 is 0 Å². The van der Waals surface area contributed by atoms with Gasteiger partial charge in [-0.05, 0) is 36.0 Å². The van der Waals surface area contributed by atoms with Gasteiger partial charge in [0.05, 0.1) is 0 Å². The molecular weight excluding hydrogens is 291 g/mol. The van der Waals surface area contributed by atoms with Crippen molar-refractivity contribution in [3.8, 4) is 0 Å². The Morgan fingerprint density at radius 1 is 1.38 bits per heavy atom. The lowest BCUT2D eigenvalue weighted by Crippen LogP contribution is -2.27. The van der Waals surface area contributed by atoms with Crippen LogP contribution in [0.4, 0.5) is 4.39 Å². The van der Waals surface area contributed by atoms with Crippen molar-refractivity contribution in [2.45, 2.75) is 44.7 Å². The summed E-state index contributed by atoms with van der Waals surface area (Å²) in [5, 5.41) is 3.17. The molecule has 4 nitrogen and oxygen atoms in total. The Morgan fingerprint density at radius 2 is 2.05 bits per heavy atom. The highest BCUT2D eigenvalue weighted by Gasteiger charge is 2.33. The second-order valence-corrected chi connectivity index (χ2v) is 7.86. The molecule has 2 atom stereocenters. The Morgan fingerprint density at radius 3 is 2.57 bits per heavy atom. The molecule has 2 rings (SSSR count). The van der Waals surface area contributed by atoms with Crippen LogP contribution in [-0.4, -0.2) is 21.0 Å². The quantitative estimate of drug-likeness (QED) is 0.811. The van der Waals surface area contributed by atoms with Gasteiger partial charge in [-0.2, -0.15) is 0 Å². The fourth-order valence-electron chi connectivity index (χ4n) is 2.17. The molecule has 2 unspecified atom stereocenters. The lowest BCUT2D eigenvalue weighted by Gasteiger charge is -2.11. The summed E-state index contributed by atoms with van der Waals surface area (Å²) >= 11 is 0. The molecule has 0 spiro atoms. The molecule has 1 aromatic carbocycles. The Hall–Kier alpha value is -0.980. The number of halogens is 1. The van der Waals surface area contributed by atoms with E-state index in [2.05, 4.69) is 17.0 Å². The van der Waals surface area contributed by atoms with Crippen LogP contribution in [0.15, 0.2) is 23.1 Å². The molecule has 0 heterocycles. The van der Waals surface area contributed by atoms with E-state index in [4.69, 9.17) is 0 Å². The first-order valence-corrected chi connectivity index (χ1v) is 8.79. The van der Waals surface area contributed by atoms with Crippen molar-refractivity contribution in [1.82, 2.24) is 10.0 Å². The fourth-order valence-corrected chi connectivity index (χ4v) is 3.32. The molecule has 1 aromatic rings. The summed E-state index contributed by atoms with van der Waals surface area (Å²) in [6.07, 6.45) is 1.03. The monoisotopic (exact) mass is 314 g/mol. The van der Waals surface area contributed by atoms with Gasteiger partial charge in [0.15, 0.2) is 0 Å². The van der Waals surface area contributed by atoms with Crippen LogP contribution < -0.4 is 10.0 Å². The summed E-state index contributed by atoms with van der Waals surface area (Å²) in [7, 11) is -3.76. The molecule has 0 amide bonds. The maximum Gasteiger partial charge on any atom is 0.243 e. The molecule has 0 radical (unpaired) electrons. The van der Waals surface area contributed by atoms with Crippen molar-refractivity contribution in [2.75, 3.05) is 6.54 Å². The third-order valence-corrected chi connectivity index (χ3v) is 5.27. The van der Waals surface area contributed by atoms with Crippen molar-refractivity contribution < 1.29 is 12.8 Å². The zero-order chi connectivity index (χ0) is 15.6. The SMILES string of the molecule is CC(C)NCc1ccc(S(=O)(=O)NCC2CC2C)c(F)c1. The molecule has 2 N–H and O–H groups in total.